The Morgan fingerprint density at radius 1 is 1.17 bits per heavy atom. The normalized spacial score (nSPS) is 15.7. The Labute approximate surface area is 157 Å². The molecule has 23 heavy (non-hydrogen) atoms. The SMILES string of the molecule is CCNC(=NCCc1ccc(OC)cc1)NC1CCCCC1.I. The molecule has 0 radical (unpaired) electrons. The van der Waals surface area contributed by atoms with E-state index < -0.39 is 0 Å². The number of halogens is 1. The van der Waals surface area contributed by atoms with Gasteiger partial charge in [-0.3, -0.25) is 4.99 Å². The Morgan fingerprint density at radius 3 is 2.48 bits per heavy atom. The summed E-state index contributed by atoms with van der Waals surface area (Å²) in [6.45, 7) is 3.82. The van der Waals surface area contributed by atoms with Gasteiger partial charge in [0.2, 0.25) is 0 Å². The number of methoxy groups -OCH3 is 1. The van der Waals surface area contributed by atoms with Crippen LogP contribution in [0.25, 0.3) is 0 Å². The molecule has 0 unspecified atom stereocenters. The molecule has 0 spiro atoms. The summed E-state index contributed by atoms with van der Waals surface area (Å²) in [4.78, 5) is 4.71. The molecule has 0 amide bonds. The molecule has 5 heteroatoms. The van der Waals surface area contributed by atoms with Crippen molar-refractivity contribution in [1.29, 1.82) is 0 Å². The van der Waals surface area contributed by atoms with Crippen molar-refractivity contribution in [2.45, 2.75) is 51.5 Å². The van der Waals surface area contributed by atoms with Crippen LogP contribution < -0.4 is 15.4 Å². The lowest BCUT2D eigenvalue weighted by Gasteiger charge is -2.24. The molecule has 2 N–H and O–H groups in total. The van der Waals surface area contributed by atoms with Gasteiger partial charge in [0.25, 0.3) is 0 Å². The molecular weight excluding hydrogens is 401 g/mol. The molecule has 1 fully saturated rings. The average molecular weight is 431 g/mol. The van der Waals surface area contributed by atoms with Gasteiger partial charge in [-0.1, -0.05) is 31.4 Å². The summed E-state index contributed by atoms with van der Waals surface area (Å²) in [5.74, 6) is 1.86. The maximum absolute atomic E-state index is 5.18. The number of hydrogen-bond acceptors (Lipinski definition) is 2. The molecule has 1 aromatic carbocycles. The number of nitrogens with zero attached hydrogens (tertiary/aromatic N) is 1. The van der Waals surface area contributed by atoms with Gasteiger partial charge in [0.05, 0.1) is 7.11 Å². The van der Waals surface area contributed by atoms with Crippen molar-refractivity contribution >= 4 is 29.9 Å². The fraction of sp³-hybridized carbons (Fsp3) is 0.611. The van der Waals surface area contributed by atoms with Gasteiger partial charge in [0.1, 0.15) is 5.75 Å². The quantitative estimate of drug-likeness (QED) is 0.410. The highest BCUT2D eigenvalue weighted by molar-refractivity contribution is 14.0. The first-order chi connectivity index (χ1) is 10.8. The number of aliphatic imine (C=N–C) groups is 1. The molecule has 0 atom stereocenters. The molecule has 0 bridgehead atoms. The van der Waals surface area contributed by atoms with E-state index in [0.29, 0.717) is 6.04 Å². The molecule has 4 nitrogen and oxygen atoms in total. The first kappa shape index (κ1) is 20.1. The van der Waals surface area contributed by atoms with Gasteiger partial charge in [-0.15, -0.1) is 24.0 Å². The number of guanidine groups is 1. The van der Waals surface area contributed by atoms with Crippen LogP contribution in [-0.2, 0) is 6.42 Å². The third-order valence-corrected chi connectivity index (χ3v) is 4.12. The summed E-state index contributed by atoms with van der Waals surface area (Å²) in [5.41, 5.74) is 1.29. The zero-order valence-corrected chi connectivity index (χ0v) is 16.6. The second kappa shape index (κ2) is 11.5. The van der Waals surface area contributed by atoms with Crippen molar-refractivity contribution in [3.63, 3.8) is 0 Å². The Balaban J connectivity index is 0.00000264. The number of nitrogens with one attached hydrogen (secondary N) is 2. The maximum Gasteiger partial charge on any atom is 0.191 e. The number of benzene rings is 1. The van der Waals surface area contributed by atoms with Gasteiger partial charge in [0, 0.05) is 19.1 Å². The summed E-state index contributed by atoms with van der Waals surface area (Å²) in [6, 6.07) is 8.81. The molecule has 1 aliphatic rings. The number of ether oxygens (including phenoxy) is 1. The summed E-state index contributed by atoms with van der Waals surface area (Å²) in [7, 11) is 1.69. The molecule has 0 heterocycles. The molecule has 0 saturated heterocycles. The highest BCUT2D eigenvalue weighted by atomic mass is 127. The van der Waals surface area contributed by atoms with Crippen LogP contribution in [0.4, 0.5) is 0 Å². The van der Waals surface area contributed by atoms with Gasteiger partial charge in [-0.05, 0) is 43.9 Å². The molecular formula is C18H30IN3O. The highest BCUT2D eigenvalue weighted by Crippen LogP contribution is 2.17. The van der Waals surface area contributed by atoms with E-state index in [-0.39, 0.29) is 24.0 Å². The van der Waals surface area contributed by atoms with Crippen LogP contribution in [0.3, 0.4) is 0 Å². The van der Waals surface area contributed by atoms with Crippen LogP contribution in [0, 0.1) is 0 Å². The van der Waals surface area contributed by atoms with Crippen LogP contribution >= 0.6 is 24.0 Å². The standard InChI is InChI=1S/C18H29N3O.HI/c1-3-19-18(21-16-7-5-4-6-8-16)20-14-13-15-9-11-17(22-2)12-10-15;/h9-12,16H,3-8,13-14H2,1-2H3,(H2,19,20,21);1H. The van der Waals surface area contributed by atoms with Gasteiger partial charge in [-0.2, -0.15) is 0 Å². The molecule has 2 rings (SSSR count). The maximum atomic E-state index is 5.18. The predicted molar refractivity (Wildman–Crippen MR) is 108 cm³/mol. The zero-order valence-electron chi connectivity index (χ0n) is 14.3. The van der Waals surface area contributed by atoms with Gasteiger partial charge < -0.3 is 15.4 Å². The van der Waals surface area contributed by atoms with E-state index in [2.05, 4.69) is 29.7 Å². The lowest BCUT2D eigenvalue weighted by atomic mass is 9.96. The van der Waals surface area contributed by atoms with E-state index in [9.17, 15) is 0 Å². The Hall–Kier alpha value is -0.980. The van der Waals surface area contributed by atoms with E-state index in [0.717, 1.165) is 31.2 Å². The minimum atomic E-state index is 0. The monoisotopic (exact) mass is 431 g/mol. The lowest BCUT2D eigenvalue weighted by molar-refractivity contribution is 0.410. The summed E-state index contributed by atoms with van der Waals surface area (Å²) >= 11 is 0. The molecule has 0 aliphatic heterocycles. The summed E-state index contributed by atoms with van der Waals surface area (Å²) in [5, 5.41) is 6.93. The van der Waals surface area contributed by atoms with Crippen LogP contribution in [0.2, 0.25) is 0 Å². The van der Waals surface area contributed by atoms with Crippen molar-refractivity contribution in [3.05, 3.63) is 29.8 Å². The van der Waals surface area contributed by atoms with Crippen molar-refractivity contribution in [2.75, 3.05) is 20.2 Å². The topological polar surface area (TPSA) is 45.7 Å². The van der Waals surface area contributed by atoms with Gasteiger partial charge >= 0.3 is 0 Å². The van der Waals surface area contributed by atoms with Gasteiger partial charge in [0.15, 0.2) is 5.96 Å². The van der Waals surface area contributed by atoms with Crippen molar-refractivity contribution in [1.82, 2.24) is 10.6 Å². The second-order valence-electron chi connectivity index (χ2n) is 5.84. The first-order valence-corrected chi connectivity index (χ1v) is 8.49. The molecule has 1 aliphatic carbocycles. The van der Waals surface area contributed by atoms with E-state index in [1.54, 1.807) is 7.11 Å². The Morgan fingerprint density at radius 2 is 1.87 bits per heavy atom. The van der Waals surface area contributed by atoms with Crippen LogP contribution in [-0.4, -0.2) is 32.2 Å². The fourth-order valence-electron chi connectivity index (χ4n) is 2.85. The number of rotatable bonds is 6. The van der Waals surface area contributed by atoms with Crippen molar-refractivity contribution in [3.8, 4) is 5.75 Å². The molecule has 0 aromatic heterocycles. The largest absolute Gasteiger partial charge is 0.497 e. The van der Waals surface area contributed by atoms with Crippen LogP contribution in [0.15, 0.2) is 29.3 Å². The van der Waals surface area contributed by atoms with Crippen molar-refractivity contribution < 1.29 is 4.74 Å². The predicted octanol–water partition coefficient (Wildman–Crippen LogP) is 3.74. The smallest absolute Gasteiger partial charge is 0.191 e. The second-order valence-corrected chi connectivity index (χ2v) is 5.84. The molecule has 1 aromatic rings. The van der Waals surface area contributed by atoms with Crippen LogP contribution in [0.1, 0.15) is 44.6 Å². The molecule has 1 saturated carbocycles. The van der Waals surface area contributed by atoms with E-state index in [1.165, 1.54) is 37.7 Å². The first-order valence-electron chi connectivity index (χ1n) is 8.49. The van der Waals surface area contributed by atoms with E-state index >= 15 is 0 Å². The van der Waals surface area contributed by atoms with E-state index in [4.69, 9.17) is 9.73 Å². The summed E-state index contributed by atoms with van der Waals surface area (Å²) < 4.78 is 5.18. The van der Waals surface area contributed by atoms with Crippen LogP contribution in [0.5, 0.6) is 5.75 Å². The fourth-order valence-corrected chi connectivity index (χ4v) is 2.85. The average Bonchev–Trinajstić information content (AvgIpc) is 2.56. The lowest BCUT2D eigenvalue weighted by Crippen LogP contribution is -2.44. The third kappa shape index (κ3) is 7.42. The van der Waals surface area contributed by atoms with E-state index in [1.807, 2.05) is 12.1 Å². The van der Waals surface area contributed by atoms with Gasteiger partial charge in [-0.25, -0.2) is 0 Å². The third-order valence-electron chi connectivity index (χ3n) is 4.12. The van der Waals surface area contributed by atoms with Crippen molar-refractivity contribution in [2.24, 2.45) is 4.99 Å². The number of hydrogen-bond donors (Lipinski definition) is 2. The Kier molecular flexibility index (Phi) is 10.1. The minimum absolute atomic E-state index is 0. The zero-order chi connectivity index (χ0) is 15.6. The summed E-state index contributed by atoms with van der Waals surface area (Å²) in [6.07, 6.45) is 7.53. The minimum Gasteiger partial charge on any atom is -0.497 e. The molecule has 130 valence electrons. The Bertz CT molecular complexity index is 456. The highest BCUT2D eigenvalue weighted by Gasteiger charge is 2.14.